The third kappa shape index (κ3) is 3.89. The highest BCUT2D eigenvalue weighted by molar-refractivity contribution is 7.18. The number of carbonyl (C=O) groups excluding carboxylic acids is 1. The van der Waals surface area contributed by atoms with Crippen LogP contribution in [0.3, 0.4) is 0 Å². The van der Waals surface area contributed by atoms with Gasteiger partial charge in [-0.05, 0) is 68.2 Å². The van der Waals surface area contributed by atoms with Crippen LogP contribution in [0.25, 0.3) is 27.1 Å². The van der Waals surface area contributed by atoms with Gasteiger partial charge in [-0.2, -0.15) is 5.10 Å². The number of carbonyl (C=O) groups is 1. The quantitative estimate of drug-likeness (QED) is 0.416. The second-order valence-electron chi connectivity index (χ2n) is 11.5. The Morgan fingerprint density at radius 2 is 2.00 bits per heavy atom. The Morgan fingerprint density at radius 3 is 2.79 bits per heavy atom. The molecule has 38 heavy (non-hydrogen) atoms. The van der Waals surface area contributed by atoms with E-state index in [-0.39, 0.29) is 11.9 Å². The number of thiophene rings is 1. The average molecular weight is 533 g/mol. The van der Waals surface area contributed by atoms with Gasteiger partial charge in [0.05, 0.1) is 18.9 Å². The number of likely N-dealkylation sites (N-methyl/N-ethyl adjacent to an activating group) is 1. The van der Waals surface area contributed by atoms with Gasteiger partial charge in [-0.1, -0.05) is 13.8 Å². The van der Waals surface area contributed by atoms with Crippen LogP contribution in [-0.2, 0) is 22.4 Å². The number of ether oxygens (including phenoxy) is 1. The second kappa shape index (κ2) is 9.47. The summed E-state index contributed by atoms with van der Waals surface area (Å²) in [5.74, 6) is 1.14. The SMILES string of the molecule is CC(C)c1c(-c2cn3ncnc3c3c2CCC3)[nH]c2sc(C3CCN(C(=O)[C@H]4COCCN4C)CC3)cc12. The van der Waals surface area contributed by atoms with Gasteiger partial charge < -0.3 is 14.6 Å². The largest absolute Gasteiger partial charge is 0.378 e. The Morgan fingerprint density at radius 1 is 1.18 bits per heavy atom. The number of fused-ring (bicyclic) bond motifs is 4. The fraction of sp³-hybridized carbons (Fsp3) is 0.552. The molecule has 2 fully saturated rings. The minimum Gasteiger partial charge on any atom is -0.378 e. The maximum atomic E-state index is 13.1. The summed E-state index contributed by atoms with van der Waals surface area (Å²) in [7, 11) is 2.03. The van der Waals surface area contributed by atoms with Gasteiger partial charge in [-0.3, -0.25) is 9.69 Å². The summed E-state index contributed by atoms with van der Waals surface area (Å²) in [6.45, 7) is 8.30. The molecule has 8 nitrogen and oxygen atoms in total. The number of nitrogens with zero attached hydrogens (tertiary/aromatic N) is 5. The summed E-state index contributed by atoms with van der Waals surface area (Å²) in [6.07, 6.45) is 9.24. The van der Waals surface area contributed by atoms with Gasteiger partial charge in [-0.15, -0.1) is 11.3 Å². The molecule has 1 atom stereocenters. The van der Waals surface area contributed by atoms with Crippen LogP contribution in [0.15, 0.2) is 18.6 Å². The Kier molecular flexibility index (Phi) is 6.05. The summed E-state index contributed by atoms with van der Waals surface area (Å²) in [5, 5.41) is 5.84. The minimum absolute atomic E-state index is 0.134. The molecule has 0 saturated carbocycles. The van der Waals surface area contributed by atoms with Crippen LogP contribution in [-0.4, -0.2) is 81.2 Å². The Balaban J connectivity index is 1.16. The van der Waals surface area contributed by atoms with E-state index in [1.807, 2.05) is 22.9 Å². The second-order valence-corrected chi connectivity index (χ2v) is 12.6. The van der Waals surface area contributed by atoms with Crippen molar-refractivity contribution in [3.05, 3.63) is 40.2 Å². The average Bonchev–Trinajstić information content (AvgIpc) is 3.70. The Hall–Kier alpha value is -2.75. The van der Waals surface area contributed by atoms with Crippen molar-refractivity contribution in [1.29, 1.82) is 0 Å². The smallest absolute Gasteiger partial charge is 0.242 e. The normalized spacial score (nSPS) is 21.3. The number of H-pyrrole nitrogens is 1. The number of aromatic amines is 1. The van der Waals surface area contributed by atoms with Crippen LogP contribution in [0.4, 0.5) is 0 Å². The van der Waals surface area contributed by atoms with E-state index in [1.54, 1.807) is 6.33 Å². The number of likely N-dealkylation sites (tertiary alicyclic amines) is 1. The van der Waals surface area contributed by atoms with Crippen molar-refractivity contribution < 1.29 is 9.53 Å². The number of piperidine rings is 1. The van der Waals surface area contributed by atoms with Gasteiger partial charge in [-0.25, -0.2) is 9.50 Å². The number of nitrogens with one attached hydrogen (secondary N) is 1. The molecule has 1 amide bonds. The number of hydrogen-bond acceptors (Lipinski definition) is 6. The first kappa shape index (κ1) is 24.3. The molecule has 3 aliphatic rings. The third-order valence-electron chi connectivity index (χ3n) is 8.92. The highest BCUT2D eigenvalue weighted by Gasteiger charge is 2.34. The van der Waals surface area contributed by atoms with Gasteiger partial charge in [0.1, 0.15) is 17.2 Å². The van der Waals surface area contributed by atoms with E-state index in [0.717, 1.165) is 51.0 Å². The standard InChI is InChI=1S/C29H36N6O2S/c1-17(2)25-21-13-24(18-7-9-34(10-8-18)29(36)23-15-37-12-11-33(23)3)38-28(21)32-26(25)22-14-35-27(30-16-31-35)20-6-4-5-19(20)22/h13-14,16-18,23,32H,4-12,15H2,1-3H3/t23-/m1/s1. The van der Waals surface area contributed by atoms with Crippen LogP contribution in [0.1, 0.15) is 66.5 Å². The maximum Gasteiger partial charge on any atom is 0.242 e. The van der Waals surface area contributed by atoms with E-state index in [9.17, 15) is 4.79 Å². The summed E-state index contributed by atoms with van der Waals surface area (Å²) >= 11 is 1.91. The van der Waals surface area contributed by atoms with Crippen LogP contribution < -0.4 is 0 Å². The number of amides is 1. The van der Waals surface area contributed by atoms with Gasteiger partial charge in [0, 0.05) is 47.2 Å². The highest BCUT2D eigenvalue weighted by Crippen LogP contribution is 2.45. The van der Waals surface area contributed by atoms with Crippen LogP contribution >= 0.6 is 11.3 Å². The zero-order chi connectivity index (χ0) is 26.0. The number of pyridine rings is 1. The number of rotatable bonds is 4. The number of morpholine rings is 1. The molecule has 2 saturated heterocycles. The van der Waals surface area contributed by atoms with E-state index in [0.29, 0.717) is 25.0 Å². The van der Waals surface area contributed by atoms with Gasteiger partial charge in [0.2, 0.25) is 5.91 Å². The minimum atomic E-state index is -0.134. The number of aryl methyl sites for hydroxylation is 1. The van der Waals surface area contributed by atoms with Crippen molar-refractivity contribution in [3.8, 4) is 11.3 Å². The summed E-state index contributed by atoms with van der Waals surface area (Å²) in [6, 6.07) is 2.31. The highest BCUT2D eigenvalue weighted by atomic mass is 32.1. The molecule has 0 spiro atoms. The molecule has 4 aromatic rings. The van der Waals surface area contributed by atoms with Gasteiger partial charge in [0.25, 0.3) is 0 Å². The van der Waals surface area contributed by atoms with Crippen LogP contribution in [0.5, 0.6) is 0 Å². The van der Waals surface area contributed by atoms with E-state index >= 15 is 0 Å². The fourth-order valence-corrected chi connectivity index (χ4v) is 8.08. The van der Waals surface area contributed by atoms with Crippen molar-refractivity contribution in [1.82, 2.24) is 29.4 Å². The topological polar surface area (TPSA) is 78.8 Å². The lowest BCUT2D eigenvalue weighted by molar-refractivity contribution is -0.143. The molecule has 0 unspecified atom stereocenters. The molecule has 0 radical (unpaired) electrons. The van der Waals surface area contributed by atoms with Crippen molar-refractivity contribution in [3.63, 3.8) is 0 Å². The van der Waals surface area contributed by atoms with E-state index in [2.05, 4.69) is 51.0 Å². The molecular formula is C29H36N6O2S. The predicted octanol–water partition coefficient (Wildman–Crippen LogP) is 4.59. The molecule has 9 heteroatoms. The molecule has 0 bridgehead atoms. The molecule has 2 aliphatic heterocycles. The van der Waals surface area contributed by atoms with Crippen molar-refractivity contribution in [2.45, 2.75) is 63.8 Å². The molecule has 200 valence electrons. The number of hydrogen-bond donors (Lipinski definition) is 1. The van der Waals surface area contributed by atoms with Crippen LogP contribution in [0, 0.1) is 0 Å². The first-order valence-electron chi connectivity index (χ1n) is 14.1. The Labute approximate surface area is 227 Å². The van der Waals surface area contributed by atoms with Crippen LogP contribution in [0.2, 0.25) is 0 Å². The lowest BCUT2D eigenvalue weighted by Gasteiger charge is -2.38. The third-order valence-corrected chi connectivity index (χ3v) is 10.1. The van der Waals surface area contributed by atoms with E-state index < -0.39 is 0 Å². The molecule has 4 aromatic heterocycles. The zero-order valence-corrected chi connectivity index (χ0v) is 23.3. The lowest BCUT2D eigenvalue weighted by Crippen LogP contribution is -2.54. The monoisotopic (exact) mass is 532 g/mol. The number of aromatic nitrogens is 4. The van der Waals surface area contributed by atoms with Gasteiger partial charge >= 0.3 is 0 Å². The van der Waals surface area contributed by atoms with Crippen molar-refractivity contribution in [2.24, 2.45) is 0 Å². The summed E-state index contributed by atoms with van der Waals surface area (Å²) < 4.78 is 7.55. The van der Waals surface area contributed by atoms with Crippen molar-refractivity contribution in [2.75, 3.05) is 39.9 Å². The Bertz CT molecular complexity index is 1510. The van der Waals surface area contributed by atoms with E-state index in [4.69, 9.17) is 4.74 Å². The molecule has 7 rings (SSSR count). The molecule has 1 aliphatic carbocycles. The molecule has 6 heterocycles. The first-order valence-corrected chi connectivity index (χ1v) is 14.9. The molecule has 1 N–H and O–H groups in total. The summed E-state index contributed by atoms with van der Waals surface area (Å²) in [5.41, 5.74) is 7.75. The predicted molar refractivity (Wildman–Crippen MR) is 150 cm³/mol. The first-order chi connectivity index (χ1) is 18.5. The lowest BCUT2D eigenvalue weighted by atomic mass is 9.92. The van der Waals surface area contributed by atoms with Gasteiger partial charge in [0.15, 0.2) is 5.65 Å². The summed E-state index contributed by atoms with van der Waals surface area (Å²) in [4.78, 5) is 28.4. The van der Waals surface area contributed by atoms with E-state index in [1.165, 1.54) is 49.5 Å². The van der Waals surface area contributed by atoms with Crippen molar-refractivity contribution >= 4 is 33.1 Å². The molecular weight excluding hydrogens is 496 g/mol. The zero-order valence-electron chi connectivity index (χ0n) is 22.5. The molecule has 0 aromatic carbocycles. The fourth-order valence-electron chi connectivity index (χ4n) is 6.84. The maximum absolute atomic E-state index is 13.1.